The molecule has 0 aliphatic rings. The van der Waals surface area contributed by atoms with Gasteiger partial charge in [-0.1, -0.05) is 0 Å². The molecule has 32 valence electrons. The topological polar surface area (TPSA) is 70.0 Å². The van der Waals surface area contributed by atoms with E-state index >= 15 is 0 Å². The van der Waals surface area contributed by atoms with Crippen molar-refractivity contribution < 1.29 is 75.5 Å². The number of rotatable bonds is 0. The van der Waals surface area contributed by atoms with Crippen molar-refractivity contribution in [1.82, 2.24) is 12.3 Å². The van der Waals surface area contributed by atoms with Gasteiger partial charge in [0.05, 0.1) is 0 Å². The molecule has 0 spiro atoms. The normalized spacial score (nSPS) is 0. The summed E-state index contributed by atoms with van der Waals surface area (Å²) in [6.07, 6.45) is 0. The van der Waals surface area contributed by atoms with Crippen LogP contribution >= 0.6 is 0 Å². The van der Waals surface area contributed by atoms with Crippen LogP contribution in [0, 0.1) is 75.5 Å². The molecule has 0 aliphatic carbocycles. The van der Waals surface area contributed by atoms with Crippen LogP contribution in [0.5, 0.6) is 0 Å². The van der Waals surface area contributed by atoms with Crippen molar-refractivity contribution >= 4 is 0 Å². The molecule has 0 radical (unpaired) electrons. The summed E-state index contributed by atoms with van der Waals surface area (Å²) in [4.78, 5) is 0. The third-order valence-corrected chi connectivity index (χ3v) is 0. The first-order chi connectivity index (χ1) is 0. The average molecular weight is 114 g/mol. The molecule has 0 bridgehead atoms. The summed E-state index contributed by atoms with van der Waals surface area (Å²) in [7, 11) is 0. The zero-order valence-corrected chi connectivity index (χ0v) is 3.54. The molecule has 0 fully saturated rings. The Hall–Kier alpha value is 2.44. The maximum atomic E-state index is 0. The first-order valence-corrected chi connectivity index (χ1v) is 0. The Bertz CT molecular complexity index is 4.00. The van der Waals surface area contributed by atoms with Crippen molar-refractivity contribution in [2.45, 2.75) is 0 Å². The molecule has 0 heterocycles. The van der Waals surface area contributed by atoms with Gasteiger partial charge in [0.2, 0.25) is 0 Å². The van der Waals surface area contributed by atoms with E-state index in [-0.39, 0.29) is 87.8 Å². The van der Waals surface area contributed by atoms with Gasteiger partial charge in [-0.15, -0.1) is 0 Å². The maximum Gasteiger partial charge on any atom is 0 e. The van der Waals surface area contributed by atoms with Gasteiger partial charge < -0.3 is 12.3 Å². The minimum absolute atomic E-state index is 0. The molecule has 2 nitrogen and oxygen atoms in total. The summed E-state index contributed by atoms with van der Waals surface area (Å²) < 4.78 is 0. The standard InChI is InChI=1S/2Ar.2H3N/h;;2*1H3. The van der Waals surface area contributed by atoms with Crippen LogP contribution in [0.3, 0.4) is 0 Å². The van der Waals surface area contributed by atoms with Gasteiger partial charge in [0.25, 0.3) is 0 Å². The average Bonchev–Trinajstić information content (AvgIpc) is 0. The maximum absolute atomic E-state index is 0. The summed E-state index contributed by atoms with van der Waals surface area (Å²) in [6, 6.07) is 0. The molecular formula is H6Ar2N2. The van der Waals surface area contributed by atoms with Crippen molar-refractivity contribution in [3.8, 4) is 0 Å². The monoisotopic (exact) mass is 114 g/mol. The van der Waals surface area contributed by atoms with Crippen LogP contribution in [0.25, 0.3) is 0 Å². The molecular weight excluding hydrogens is 108 g/mol. The summed E-state index contributed by atoms with van der Waals surface area (Å²) in [5.74, 6) is 0. The van der Waals surface area contributed by atoms with Crippen molar-refractivity contribution in [3.05, 3.63) is 0 Å². The second kappa shape index (κ2) is 18.0. The van der Waals surface area contributed by atoms with Gasteiger partial charge in [-0.25, -0.2) is 0 Å². The Balaban J connectivity index is 0. The Morgan fingerprint density at radius 2 is 0.500 bits per heavy atom. The van der Waals surface area contributed by atoms with Crippen LogP contribution in [-0.4, -0.2) is 0 Å². The largest absolute Gasteiger partial charge is 0.344 e. The zero-order valence-electron chi connectivity index (χ0n) is 2.12. The molecule has 0 amide bonds. The van der Waals surface area contributed by atoms with E-state index < -0.39 is 0 Å². The first kappa shape index (κ1) is 32.0. The third-order valence-electron chi connectivity index (χ3n) is 0. The molecule has 4 heavy (non-hydrogen) atoms. The fourth-order valence-electron chi connectivity index (χ4n) is 0. The summed E-state index contributed by atoms with van der Waals surface area (Å²) >= 11 is 0. The van der Waals surface area contributed by atoms with Gasteiger partial charge in [0.1, 0.15) is 0 Å². The van der Waals surface area contributed by atoms with Crippen LogP contribution < -0.4 is 12.3 Å². The number of hydrogen-bond donors (Lipinski definition) is 2. The van der Waals surface area contributed by atoms with Crippen molar-refractivity contribution in [2.24, 2.45) is 0 Å². The molecule has 0 rings (SSSR count). The molecule has 0 aromatic rings. The quantitative estimate of drug-likeness (QED) is 0.476. The molecule has 4 heteroatoms. The number of hydrogen-bond acceptors (Lipinski definition) is 2. The van der Waals surface area contributed by atoms with E-state index in [2.05, 4.69) is 0 Å². The van der Waals surface area contributed by atoms with E-state index in [1.54, 1.807) is 0 Å². The van der Waals surface area contributed by atoms with Gasteiger partial charge in [0, 0.05) is 75.5 Å². The van der Waals surface area contributed by atoms with E-state index in [0.29, 0.717) is 0 Å². The van der Waals surface area contributed by atoms with Gasteiger partial charge in [0.15, 0.2) is 0 Å². The van der Waals surface area contributed by atoms with Gasteiger partial charge in [-0.3, -0.25) is 0 Å². The summed E-state index contributed by atoms with van der Waals surface area (Å²) in [5, 5.41) is 0. The van der Waals surface area contributed by atoms with Crippen LogP contribution in [0.15, 0.2) is 0 Å². The van der Waals surface area contributed by atoms with Crippen LogP contribution in [-0.2, 0) is 0 Å². The molecule has 0 saturated heterocycles. The predicted octanol–water partition coefficient (Wildman–Crippen LogP) is 0.324. The van der Waals surface area contributed by atoms with E-state index in [9.17, 15) is 0 Å². The predicted molar refractivity (Wildman–Crippen MR) is 10.0 cm³/mol. The van der Waals surface area contributed by atoms with Crippen molar-refractivity contribution in [1.29, 1.82) is 0 Å². The third kappa shape index (κ3) is 8.83. The molecule has 0 aliphatic heterocycles. The zero-order chi connectivity index (χ0) is 0. The molecule has 0 unspecified atom stereocenters. The first-order valence-electron chi connectivity index (χ1n) is 0. The van der Waals surface area contributed by atoms with E-state index in [4.69, 9.17) is 0 Å². The summed E-state index contributed by atoms with van der Waals surface area (Å²) in [6.45, 7) is 0. The van der Waals surface area contributed by atoms with Crippen molar-refractivity contribution in [2.75, 3.05) is 0 Å². The van der Waals surface area contributed by atoms with Crippen LogP contribution in [0.2, 0.25) is 0 Å². The fourth-order valence-corrected chi connectivity index (χ4v) is 0. The van der Waals surface area contributed by atoms with E-state index in [1.165, 1.54) is 0 Å². The molecule has 0 aromatic heterocycles. The van der Waals surface area contributed by atoms with Crippen LogP contribution in [0.4, 0.5) is 0 Å². The Morgan fingerprint density at radius 1 is 0.500 bits per heavy atom. The SMILES string of the molecule is N.N.[Ar].[Ar]. The fraction of sp³-hybridized carbons (Fsp3) is 0. The smallest absolute Gasteiger partial charge is 0 e. The Labute approximate surface area is 85.9 Å². The Kier molecular flexibility index (Phi) is 144. The summed E-state index contributed by atoms with van der Waals surface area (Å²) in [5.41, 5.74) is 0. The molecule has 0 aromatic carbocycles. The minimum atomic E-state index is 0. The van der Waals surface area contributed by atoms with Crippen molar-refractivity contribution in [3.63, 3.8) is 0 Å². The van der Waals surface area contributed by atoms with E-state index in [0.717, 1.165) is 0 Å². The van der Waals surface area contributed by atoms with Gasteiger partial charge >= 0.3 is 0 Å². The second-order valence-electron chi connectivity index (χ2n) is 0. The van der Waals surface area contributed by atoms with Crippen LogP contribution in [0.1, 0.15) is 0 Å². The second-order valence-corrected chi connectivity index (χ2v) is 0. The molecule has 6 N–H and O–H groups in total. The van der Waals surface area contributed by atoms with Gasteiger partial charge in [-0.05, 0) is 0 Å². The Morgan fingerprint density at radius 3 is 0.500 bits per heavy atom. The molecule has 0 atom stereocenters. The minimum Gasteiger partial charge on any atom is -0.344 e. The molecule has 0 saturated carbocycles. The van der Waals surface area contributed by atoms with E-state index in [1.807, 2.05) is 0 Å². The van der Waals surface area contributed by atoms with Gasteiger partial charge in [-0.2, -0.15) is 0 Å².